The van der Waals surface area contributed by atoms with Crippen LogP contribution in [-0.4, -0.2) is 55.1 Å². The lowest BCUT2D eigenvalue weighted by molar-refractivity contribution is -0.00394. The number of piperazine rings is 3. The van der Waals surface area contributed by atoms with Crippen LogP contribution in [0.3, 0.4) is 0 Å². The maximum absolute atomic E-state index is 14.1. The molecular weight excluding hydrogens is 260 g/mol. The van der Waals surface area contributed by atoms with Gasteiger partial charge in [-0.15, -0.1) is 0 Å². The van der Waals surface area contributed by atoms with Crippen LogP contribution >= 0.6 is 0 Å². The standard InChI is InChI=1S/C15H21F2N3/c1-2-18-15(12-4-3-11(16)9-13(12)17)14-10-19-5-7-20(14)8-6-19/h3-4,9,14-15,18H,2,5-8,10H2,1H3. The Morgan fingerprint density at radius 3 is 2.55 bits per heavy atom. The molecule has 0 saturated carbocycles. The zero-order chi connectivity index (χ0) is 14.1. The number of hydrogen-bond donors (Lipinski definition) is 1. The average Bonchev–Trinajstić information content (AvgIpc) is 2.47. The smallest absolute Gasteiger partial charge is 0.130 e. The number of hydrogen-bond acceptors (Lipinski definition) is 3. The average molecular weight is 281 g/mol. The molecular formula is C15H21F2N3. The molecule has 3 nitrogen and oxygen atoms in total. The molecule has 2 unspecified atom stereocenters. The lowest BCUT2D eigenvalue weighted by atomic mass is 9.93. The second kappa shape index (κ2) is 5.76. The fraction of sp³-hybridized carbons (Fsp3) is 0.600. The van der Waals surface area contributed by atoms with Crippen LogP contribution in [0, 0.1) is 11.6 Å². The van der Waals surface area contributed by atoms with E-state index in [0.29, 0.717) is 5.56 Å². The first-order valence-electron chi connectivity index (χ1n) is 7.33. The molecule has 0 aromatic heterocycles. The summed E-state index contributed by atoms with van der Waals surface area (Å²) < 4.78 is 27.2. The van der Waals surface area contributed by atoms with Crippen molar-refractivity contribution >= 4 is 0 Å². The monoisotopic (exact) mass is 281 g/mol. The van der Waals surface area contributed by atoms with Gasteiger partial charge in [-0.25, -0.2) is 8.78 Å². The van der Waals surface area contributed by atoms with Crippen molar-refractivity contribution in [2.45, 2.75) is 19.0 Å². The van der Waals surface area contributed by atoms with Crippen LogP contribution in [0.1, 0.15) is 18.5 Å². The molecule has 0 amide bonds. The minimum absolute atomic E-state index is 0.0799. The minimum atomic E-state index is -0.518. The van der Waals surface area contributed by atoms with Crippen LogP contribution in [0.2, 0.25) is 0 Å². The lowest BCUT2D eigenvalue weighted by Gasteiger charge is -2.50. The molecule has 1 aromatic carbocycles. The SMILES string of the molecule is CCNC(c1ccc(F)cc1F)C1CN2CCN1CC2. The van der Waals surface area contributed by atoms with E-state index in [2.05, 4.69) is 15.1 Å². The van der Waals surface area contributed by atoms with Crippen molar-refractivity contribution < 1.29 is 8.78 Å². The summed E-state index contributed by atoms with van der Waals surface area (Å²) >= 11 is 0. The van der Waals surface area contributed by atoms with E-state index in [0.717, 1.165) is 45.3 Å². The molecule has 0 radical (unpaired) electrons. The molecule has 2 bridgehead atoms. The number of nitrogens with one attached hydrogen (secondary N) is 1. The van der Waals surface area contributed by atoms with Gasteiger partial charge in [-0.3, -0.25) is 9.80 Å². The zero-order valence-electron chi connectivity index (χ0n) is 11.8. The number of likely N-dealkylation sites (N-methyl/N-ethyl adjacent to an activating group) is 1. The second-order valence-electron chi connectivity index (χ2n) is 5.61. The van der Waals surface area contributed by atoms with Crippen molar-refractivity contribution in [1.29, 1.82) is 0 Å². The van der Waals surface area contributed by atoms with Crippen LogP contribution in [0.5, 0.6) is 0 Å². The summed E-state index contributed by atoms with van der Waals surface area (Å²) in [6, 6.07) is 4.09. The first kappa shape index (κ1) is 13.9. The third-order valence-electron chi connectivity index (χ3n) is 4.43. The molecule has 1 N–H and O–H groups in total. The highest BCUT2D eigenvalue weighted by molar-refractivity contribution is 5.24. The third kappa shape index (κ3) is 2.57. The van der Waals surface area contributed by atoms with E-state index < -0.39 is 11.6 Å². The summed E-state index contributed by atoms with van der Waals surface area (Å²) in [6.07, 6.45) is 0. The van der Waals surface area contributed by atoms with Crippen LogP contribution in [-0.2, 0) is 0 Å². The van der Waals surface area contributed by atoms with Gasteiger partial charge in [0.2, 0.25) is 0 Å². The predicted octanol–water partition coefficient (Wildman–Crippen LogP) is 1.62. The number of benzene rings is 1. The van der Waals surface area contributed by atoms with Crippen LogP contribution in [0.25, 0.3) is 0 Å². The largest absolute Gasteiger partial charge is 0.309 e. The van der Waals surface area contributed by atoms with Gasteiger partial charge >= 0.3 is 0 Å². The lowest BCUT2D eigenvalue weighted by Crippen LogP contribution is -2.64. The van der Waals surface area contributed by atoms with E-state index >= 15 is 0 Å². The number of fused-ring (bicyclic) bond motifs is 3. The highest BCUT2D eigenvalue weighted by Crippen LogP contribution is 2.29. The molecule has 0 aliphatic carbocycles. The van der Waals surface area contributed by atoms with Crippen LogP contribution < -0.4 is 5.32 Å². The van der Waals surface area contributed by atoms with E-state index in [4.69, 9.17) is 0 Å². The van der Waals surface area contributed by atoms with Crippen LogP contribution in [0.15, 0.2) is 18.2 Å². The molecule has 4 rings (SSSR count). The van der Waals surface area contributed by atoms with E-state index in [1.54, 1.807) is 6.07 Å². The van der Waals surface area contributed by atoms with E-state index in [1.807, 2.05) is 6.92 Å². The van der Waals surface area contributed by atoms with Gasteiger partial charge in [-0.1, -0.05) is 13.0 Å². The maximum Gasteiger partial charge on any atom is 0.130 e. The predicted molar refractivity (Wildman–Crippen MR) is 74.6 cm³/mol. The first-order valence-corrected chi connectivity index (χ1v) is 7.33. The molecule has 20 heavy (non-hydrogen) atoms. The van der Waals surface area contributed by atoms with Gasteiger partial charge in [0.15, 0.2) is 0 Å². The zero-order valence-corrected chi connectivity index (χ0v) is 11.8. The summed E-state index contributed by atoms with van der Waals surface area (Å²) in [5.74, 6) is -0.968. The fourth-order valence-electron chi connectivity index (χ4n) is 3.40. The molecule has 110 valence electrons. The number of halogens is 2. The quantitative estimate of drug-likeness (QED) is 0.904. The van der Waals surface area contributed by atoms with E-state index in [1.165, 1.54) is 6.07 Å². The maximum atomic E-state index is 14.1. The van der Waals surface area contributed by atoms with Crippen LogP contribution in [0.4, 0.5) is 8.78 Å². The van der Waals surface area contributed by atoms with E-state index in [-0.39, 0.29) is 12.1 Å². The van der Waals surface area contributed by atoms with Gasteiger partial charge in [0.1, 0.15) is 11.6 Å². The van der Waals surface area contributed by atoms with Gasteiger partial charge in [0.25, 0.3) is 0 Å². The Hall–Kier alpha value is -1.04. The highest BCUT2D eigenvalue weighted by Gasteiger charge is 2.37. The van der Waals surface area contributed by atoms with Crippen molar-refractivity contribution in [3.63, 3.8) is 0 Å². The summed E-state index contributed by atoms with van der Waals surface area (Å²) in [7, 11) is 0. The van der Waals surface area contributed by atoms with Crippen molar-refractivity contribution in [2.75, 3.05) is 39.3 Å². The van der Waals surface area contributed by atoms with E-state index in [9.17, 15) is 8.78 Å². The Labute approximate surface area is 118 Å². The number of rotatable bonds is 4. The Balaban J connectivity index is 1.88. The van der Waals surface area contributed by atoms with Crippen molar-refractivity contribution in [1.82, 2.24) is 15.1 Å². The molecule has 3 aliphatic heterocycles. The van der Waals surface area contributed by atoms with Gasteiger partial charge in [-0.05, 0) is 12.6 Å². The summed E-state index contributed by atoms with van der Waals surface area (Å²) in [5.41, 5.74) is 0.576. The Morgan fingerprint density at radius 1 is 1.25 bits per heavy atom. The normalized spacial score (nSPS) is 30.4. The molecule has 0 spiro atoms. The summed E-state index contributed by atoms with van der Waals surface area (Å²) in [4.78, 5) is 4.85. The topological polar surface area (TPSA) is 18.5 Å². The molecule has 3 saturated heterocycles. The van der Waals surface area contributed by atoms with Crippen molar-refractivity contribution in [3.05, 3.63) is 35.4 Å². The van der Waals surface area contributed by atoms with Gasteiger partial charge in [-0.2, -0.15) is 0 Å². The molecule has 1 aromatic rings. The second-order valence-corrected chi connectivity index (χ2v) is 5.61. The summed E-state index contributed by atoms with van der Waals surface area (Å²) in [5, 5.41) is 3.38. The Bertz CT molecular complexity index is 472. The first-order chi connectivity index (χ1) is 9.69. The molecule has 2 atom stereocenters. The van der Waals surface area contributed by atoms with Crippen molar-refractivity contribution in [2.24, 2.45) is 0 Å². The van der Waals surface area contributed by atoms with Gasteiger partial charge in [0.05, 0.1) is 6.04 Å². The third-order valence-corrected chi connectivity index (χ3v) is 4.43. The highest BCUT2D eigenvalue weighted by atomic mass is 19.1. The molecule has 3 fully saturated rings. The number of nitrogens with zero attached hydrogens (tertiary/aromatic N) is 2. The van der Waals surface area contributed by atoms with Gasteiger partial charge in [0, 0.05) is 50.4 Å². The molecule has 3 heterocycles. The Kier molecular flexibility index (Phi) is 4.01. The fourth-order valence-corrected chi connectivity index (χ4v) is 3.40. The van der Waals surface area contributed by atoms with Crippen molar-refractivity contribution in [3.8, 4) is 0 Å². The summed E-state index contributed by atoms with van der Waals surface area (Å²) in [6.45, 7) is 8.01. The molecule has 3 aliphatic rings. The van der Waals surface area contributed by atoms with Gasteiger partial charge < -0.3 is 5.32 Å². The Morgan fingerprint density at radius 2 is 2.00 bits per heavy atom. The minimum Gasteiger partial charge on any atom is -0.309 e. The molecule has 5 heteroatoms.